The second-order valence-corrected chi connectivity index (χ2v) is 5.43. The second kappa shape index (κ2) is 8.99. The molecule has 1 heterocycles. The summed E-state index contributed by atoms with van der Waals surface area (Å²) in [6.07, 6.45) is 7.43. The Kier molecular flexibility index (Phi) is 6.68. The first-order valence-corrected chi connectivity index (χ1v) is 8.05. The Morgan fingerprint density at radius 1 is 1.30 bits per heavy atom. The molecule has 2 rings (SSSR count). The molecular formula is C16H20N4O2S. The van der Waals surface area contributed by atoms with Gasteiger partial charge < -0.3 is 4.74 Å². The Hall–Kier alpha value is -2.28. The standard InChI is InChI=1S/C16H20N4O2S/c1-2-3-4-5-10-22-14-8-6-13(7-9-14)11-18-20-15(21)12-17-19-16(20)23/h6-9,11-12H,2-5,10H2,1H3,(H,19,23)/b18-11+. The first-order chi connectivity index (χ1) is 11.2. The van der Waals surface area contributed by atoms with Crippen LogP contribution in [-0.2, 0) is 0 Å². The molecule has 1 N–H and O–H groups in total. The van der Waals surface area contributed by atoms with Gasteiger partial charge in [-0.2, -0.15) is 14.9 Å². The van der Waals surface area contributed by atoms with Crippen molar-refractivity contribution in [1.29, 1.82) is 0 Å². The highest BCUT2D eigenvalue weighted by atomic mass is 32.1. The van der Waals surface area contributed by atoms with E-state index in [1.54, 1.807) is 6.21 Å². The highest BCUT2D eigenvalue weighted by Crippen LogP contribution is 2.12. The lowest BCUT2D eigenvalue weighted by molar-refractivity contribution is 0.305. The van der Waals surface area contributed by atoms with Gasteiger partial charge in [-0.1, -0.05) is 26.2 Å². The van der Waals surface area contributed by atoms with Crippen LogP contribution in [0.15, 0.2) is 40.4 Å². The maximum atomic E-state index is 11.6. The van der Waals surface area contributed by atoms with Crippen molar-refractivity contribution < 1.29 is 4.74 Å². The minimum atomic E-state index is -0.378. The first kappa shape index (κ1) is 17.1. The fraction of sp³-hybridized carbons (Fsp3) is 0.375. The Balaban J connectivity index is 1.93. The molecule has 0 unspecified atom stereocenters. The highest BCUT2D eigenvalue weighted by Gasteiger charge is 1.97. The summed E-state index contributed by atoms with van der Waals surface area (Å²) < 4.78 is 6.92. The minimum absolute atomic E-state index is 0.154. The zero-order valence-electron chi connectivity index (χ0n) is 13.1. The molecular weight excluding hydrogens is 312 g/mol. The summed E-state index contributed by atoms with van der Waals surface area (Å²) in [5.41, 5.74) is 0.471. The summed E-state index contributed by atoms with van der Waals surface area (Å²) in [5.74, 6) is 0.831. The molecule has 0 fully saturated rings. The number of unbranched alkanes of at least 4 members (excludes halogenated alkanes) is 3. The first-order valence-electron chi connectivity index (χ1n) is 7.64. The van der Waals surface area contributed by atoms with Crippen LogP contribution in [0, 0.1) is 4.77 Å². The van der Waals surface area contributed by atoms with Gasteiger partial charge in [0.25, 0.3) is 5.56 Å². The number of rotatable bonds is 8. The molecule has 0 aliphatic rings. The topological polar surface area (TPSA) is 72.3 Å². The molecule has 0 aliphatic heterocycles. The number of H-pyrrole nitrogens is 1. The summed E-state index contributed by atoms with van der Waals surface area (Å²) in [6.45, 7) is 2.92. The minimum Gasteiger partial charge on any atom is -0.494 e. The van der Waals surface area contributed by atoms with Crippen molar-refractivity contribution in [3.05, 3.63) is 51.2 Å². The van der Waals surface area contributed by atoms with Gasteiger partial charge in [0, 0.05) is 0 Å². The molecule has 0 amide bonds. The molecule has 0 atom stereocenters. The zero-order chi connectivity index (χ0) is 16.5. The Morgan fingerprint density at radius 2 is 2.09 bits per heavy atom. The average molecular weight is 332 g/mol. The van der Waals surface area contributed by atoms with E-state index in [2.05, 4.69) is 22.2 Å². The fourth-order valence-electron chi connectivity index (χ4n) is 1.95. The van der Waals surface area contributed by atoms with E-state index in [0.717, 1.165) is 35.2 Å². The Bertz CT molecular complexity index is 721. The second-order valence-electron chi connectivity index (χ2n) is 5.05. The Morgan fingerprint density at radius 3 is 2.78 bits per heavy atom. The van der Waals surface area contributed by atoms with E-state index in [1.807, 2.05) is 24.3 Å². The predicted molar refractivity (Wildman–Crippen MR) is 92.8 cm³/mol. The summed E-state index contributed by atoms with van der Waals surface area (Å²) in [7, 11) is 0. The summed E-state index contributed by atoms with van der Waals surface area (Å²) >= 11 is 4.96. The third-order valence-corrected chi connectivity index (χ3v) is 3.47. The lowest BCUT2D eigenvalue weighted by Crippen LogP contribution is -2.18. The van der Waals surface area contributed by atoms with Crippen LogP contribution >= 0.6 is 12.2 Å². The number of nitrogens with zero attached hydrogens (tertiary/aromatic N) is 3. The number of ether oxygens (including phenoxy) is 1. The van der Waals surface area contributed by atoms with E-state index in [4.69, 9.17) is 17.0 Å². The van der Waals surface area contributed by atoms with Crippen molar-refractivity contribution in [1.82, 2.24) is 14.9 Å². The van der Waals surface area contributed by atoms with Gasteiger partial charge in [-0.15, -0.1) is 0 Å². The van der Waals surface area contributed by atoms with Crippen LogP contribution in [0.3, 0.4) is 0 Å². The maximum absolute atomic E-state index is 11.6. The van der Waals surface area contributed by atoms with Crippen LogP contribution in [-0.4, -0.2) is 27.7 Å². The van der Waals surface area contributed by atoms with Gasteiger partial charge >= 0.3 is 0 Å². The van der Waals surface area contributed by atoms with E-state index >= 15 is 0 Å². The molecule has 7 heteroatoms. The third kappa shape index (κ3) is 5.45. The monoisotopic (exact) mass is 332 g/mol. The van der Waals surface area contributed by atoms with Crippen LogP contribution in [0.2, 0.25) is 0 Å². The van der Waals surface area contributed by atoms with E-state index in [1.165, 1.54) is 19.3 Å². The smallest absolute Gasteiger partial charge is 0.293 e. The van der Waals surface area contributed by atoms with Gasteiger partial charge in [0.2, 0.25) is 4.77 Å². The van der Waals surface area contributed by atoms with Crippen LogP contribution in [0.1, 0.15) is 38.2 Å². The molecule has 122 valence electrons. The fourth-order valence-corrected chi connectivity index (χ4v) is 2.14. The molecule has 1 aromatic heterocycles. The molecule has 0 bridgehead atoms. The number of hydrogen-bond donors (Lipinski definition) is 1. The average Bonchev–Trinajstić information content (AvgIpc) is 2.55. The molecule has 0 aliphatic carbocycles. The molecule has 0 radical (unpaired) electrons. The van der Waals surface area contributed by atoms with Crippen molar-refractivity contribution in [3.63, 3.8) is 0 Å². The van der Waals surface area contributed by atoms with Gasteiger partial charge in [-0.25, -0.2) is 0 Å². The summed E-state index contributed by atoms with van der Waals surface area (Å²) in [5, 5.41) is 10.2. The number of aromatic amines is 1. The van der Waals surface area contributed by atoms with E-state index in [9.17, 15) is 4.79 Å². The van der Waals surface area contributed by atoms with Crippen LogP contribution in [0.4, 0.5) is 0 Å². The summed E-state index contributed by atoms with van der Waals surface area (Å²) in [4.78, 5) is 11.6. The number of benzene rings is 1. The Labute approximate surface area is 139 Å². The van der Waals surface area contributed by atoms with Crippen LogP contribution in [0.5, 0.6) is 5.75 Å². The maximum Gasteiger partial charge on any atom is 0.293 e. The quantitative estimate of drug-likeness (QED) is 0.458. The molecule has 2 aromatic rings. The number of aromatic nitrogens is 3. The predicted octanol–water partition coefficient (Wildman–Crippen LogP) is 3.14. The number of hydrogen-bond acceptors (Lipinski definition) is 5. The van der Waals surface area contributed by atoms with Gasteiger partial charge in [0.15, 0.2) is 0 Å². The molecule has 1 aromatic carbocycles. The van der Waals surface area contributed by atoms with E-state index < -0.39 is 0 Å². The molecule has 0 spiro atoms. The zero-order valence-corrected chi connectivity index (χ0v) is 13.9. The van der Waals surface area contributed by atoms with Gasteiger partial charge in [0.1, 0.15) is 11.9 Å². The third-order valence-electron chi connectivity index (χ3n) is 3.21. The van der Waals surface area contributed by atoms with E-state index in [0.29, 0.717) is 0 Å². The number of nitrogens with one attached hydrogen (secondary N) is 1. The largest absolute Gasteiger partial charge is 0.494 e. The van der Waals surface area contributed by atoms with Crippen molar-refractivity contribution in [2.45, 2.75) is 32.6 Å². The van der Waals surface area contributed by atoms with Crippen molar-refractivity contribution in [2.75, 3.05) is 6.61 Å². The molecule has 0 saturated heterocycles. The van der Waals surface area contributed by atoms with Crippen molar-refractivity contribution in [2.24, 2.45) is 5.10 Å². The van der Waals surface area contributed by atoms with Gasteiger partial charge in [-0.05, 0) is 48.5 Å². The highest BCUT2D eigenvalue weighted by molar-refractivity contribution is 7.71. The SMILES string of the molecule is CCCCCCOc1ccc(/C=N/n2c(=O)cn[nH]c2=S)cc1. The van der Waals surface area contributed by atoms with Crippen molar-refractivity contribution >= 4 is 18.4 Å². The van der Waals surface area contributed by atoms with E-state index in [-0.39, 0.29) is 10.3 Å². The molecule has 23 heavy (non-hydrogen) atoms. The van der Waals surface area contributed by atoms with Crippen LogP contribution < -0.4 is 10.3 Å². The van der Waals surface area contributed by atoms with Crippen LogP contribution in [0.25, 0.3) is 0 Å². The lowest BCUT2D eigenvalue weighted by Gasteiger charge is -2.05. The van der Waals surface area contributed by atoms with Gasteiger partial charge in [0.05, 0.1) is 12.8 Å². The summed E-state index contributed by atoms with van der Waals surface area (Å²) in [6, 6.07) is 7.53. The molecule has 6 nitrogen and oxygen atoms in total. The normalized spacial score (nSPS) is 11.0. The lowest BCUT2D eigenvalue weighted by atomic mass is 10.2. The van der Waals surface area contributed by atoms with Gasteiger partial charge in [-0.3, -0.25) is 9.89 Å². The molecule has 0 saturated carbocycles. The van der Waals surface area contributed by atoms with Crippen molar-refractivity contribution in [3.8, 4) is 5.75 Å².